The number of aryl methyl sites for hydroxylation is 1. The van der Waals surface area contributed by atoms with Crippen molar-refractivity contribution in [1.82, 2.24) is 4.90 Å². The molecule has 0 radical (unpaired) electrons. The van der Waals surface area contributed by atoms with Gasteiger partial charge in [-0.05, 0) is 33.0 Å². The van der Waals surface area contributed by atoms with E-state index in [-0.39, 0.29) is 17.8 Å². The van der Waals surface area contributed by atoms with Crippen LogP contribution in [0.5, 0.6) is 0 Å². The van der Waals surface area contributed by atoms with Crippen molar-refractivity contribution in [2.24, 2.45) is 5.73 Å². The van der Waals surface area contributed by atoms with E-state index >= 15 is 0 Å². The molecule has 5 nitrogen and oxygen atoms in total. The standard InChI is InChI=1S/C12H22N2O3S/c1-9-5-6-11(17-9)12(10(2)13)14(3)7-8-18(4,15)16/h5-6,10,12H,7-8,13H2,1-4H3. The zero-order valence-corrected chi connectivity index (χ0v) is 12.2. The molecule has 0 aromatic carbocycles. The van der Waals surface area contributed by atoms with Gasteiger partial charge in [0.2, 0.25) is 0 Å². The molecule has 0 saturated carbocycles. The highest BCUT2D eigenvalue weighted by molar-refractivity contribution is 7.90. The number of nitrogens with two attached hydrogens (primary N) is 1. The maximum atomic E-state index is 11.2. The third kappa shape index (κ3) is 4.44. The predicted molar refractivity (Wildman–Crippen MR) is 72.2 cm³/mol. The minimum absolute atomic E-state index is 0.111. The van der Waals surface area contributed by atoms with E-state index in [1.807, 2.05) is 37.9 Å². The van der Waals surface area contributed by atoms with Crippen LogP contribution in [0.15, 0.2) is 16.5 Å². The molecule has 1 aromatic rings. The van der Waals surface area contributed by atoms with E-state index in [0.29, 0.717) is 6.54 Å². The van der Waals surface area contributed by atoms with E-state index in [9.17, 15) is 8.42 Å². The molecule has 18 heavy (non-hydrogen) atoms. The molecule has 0 fully saturated rings. The maximum absolute atomic E-state index is 11.2. The number of hydrogen-bond acceptors (Lipinski definition) is 5. The Bertz CT molecular complexity index is 479. The third-order valence-corrected chi connectivity index (χ3v) is 3.76. The molecule has 104 valence electrons. The highest BCUT2D eigenvalue weighted by Gasteiger charge is 2.24. The Balaban J connectivity index is 2.79. The van der Waals surface area contributed by atoms with E-state index in [1.165, 1.54) is 6.26 Å². The zero-order valence-electron chi connectivity index (χ0n) is 11.4. The van der Waals surface area contributed by atoms with Crippen LogP contribution in [-0.2, 0) is 9.84 Å². The molecule has 2 unspecified atom stereocenters. The van der Waals surface area contributed by atoms with Crippen molar-refractivity contribution in [2.75, 3.05) is 25.6 Å². The minimum atomic E-state index is -2.97. The molecule has 6 heteroatoms. The van der Waals surface area contributed by atoms with Crippen LogP contribution in [0.3, 0.4) is 0 Å². The van der Waals surface area contributed by atoms with Gasteiger partial charge in [-0.15, -0.1) is 0 Å². The molecule has 0 amide bonds. The third-order valence-electron chi connectivity index (χ3n) is 2.84. The summed E-state index contributed by atoms with van der Waals surface area (Å²) in [5, 5.41) is 0. The number of furan rings is 1. The Kier molecular flexibility index (Phi) is 4.95. The molecule has 0 bridgehead atoms. The zero-order chi connectivity index (χ0) is 13.9. The molecule has 0 aliphatic carbocycles. The summed E-state index contributed by atoms with van der Waals surface area (Å²) in [4.78, 5) is 1.92. The highest BCUT2D eigenvalue weighted by Crippen LogP contribution is 2.24. The van der Waals surface area contributed by atoms with E-state index in [1.54, 1.807) is 0 Å². The molecule has 0 aliphatic heterocycles. The number of rotatable bonds is 6. The van der Waals surface area contributed by atoms with Crippen LogP contribution in [-0.4, -0.2) is 45.0 Å². The molecule has 0 spiro atoms. The van der Waals surface area contributed by atoms with Crippen LogP contribution in [0.25, 0.3) is 0 Å². The molecular formula is C12H22N2O3S. The topological polar surface area (TPSA) is 76.5 Å². The average Bonchev–Trinajstić information content (AvgIpc) is 2.60. The monoisotopic (exact) mass is 274 g/mol. The van der Waals surface area contributed by atoms with Gasteiger partial charge in [-0.1, -0.05) is 0 Å². The van der Waals surface area contributed by atoms with Gasteiger partial charge in [0, 0.05) is 18.8 Å². The Morgan fingerprint density at radius 2 is 2.06 bits per heavy atom. The fraction of sp³-hybridized carbons (Fsp3) is 0.667. The summed E-state index contributed by atoms with van der Waals surface area (Å²) in [7, 11) is -1.11. The molecule has 2 N–H and O–H groups in total. The number of sulfone groups is 1. The molecule has 1 heterocycles. The summed E-state index contributed by atoms with van der Waals surface area (Å²) < 4.78 is 28.0. The van der Waals surface area contributed by atoms with E-state index in [0.717, 1.165) is 11.5 Å². The molecular weight excluding hydrogens is 252 g/mol. The molecule has 0 saturated heterocycles. The lowest BCUT2D eigenvalue weighted by molar-refractivity contribution is 0.199. The van der Waals surface area contributed by atoms with Gasteiger partial charge in [-0.25, -0.2) is 8.42 Å². The maximum Gasteiger partial charge on any atom is 0.148 e. The summed E-state index contributed by atoms with van der Waals surface area (Å²) in [6.07, 6.45) is 1.23. The van der Waals surface area contributed by atoms with Gasteiger partial charge >= 0.3 is 0 Å². The van der Waals surface area contributed by atoms with Crippen molar-refractivity contribution in [2.45, 2.75) is 25.9 Å². The highest BCUT2D eigenvalue weighted by atomic mass is 32.2. The SMILES string of the molecule is Cc1ccc(C(C(C)N)N(C)CCS(C)(=O)=O)o1. The first-order valence-corrected chi connectivity index (χ1v) is 7.96. The minimum Gasteiger partial charge on any atom is -0.465 e. The molecule has 1 rings (SSSR count). The summed E-state index contributed by atoms with van der Waals surface area (Å²) >= 11 is 0. The lowest BCUT2D eigenvalue weighted by Crippen LogP contribution is -2.39. The second-order valence-corrected chi connectivity index (χ2v) is 7.12. The fourth-order valence-electron chi connectivity index (χ4n) is 1.94. The molecule has 0 aliphatic rings. The van der Waals surface area contributed by atoms with Crippen LogP contribution < -0.4 is 5.73 Å². The molecule has 1 aromatic heterocycles. The van der Waals surface area contributed by atoms with E-state index < -0.39 is 9.84 Å². The van der Waals surface area contributed by atoms with E-state index in [2.05, 4.69) is 0 Å². The summed E-state index contributed by atoms with van der Waals surface area (Å²) in [5.74, 6) is 1.72. The van der Waals surface area contributed by atoms with Gasteiger partial charge in [-0.2, -0.15) is 0 Å². The molecule has 2 atom stereocenters. The lowest BCUT2D eigenvalue weighted by Gasteiger charge is -2.29. The van der Waals surface area contributed by atoms with Crippen LogP contribution in [0.2, 0.25) is 0 Å². The summed E-state index contributed by atoms with van der Waals surface area (Å²) in [6, 6.07) is 3.52. The van der Waals surface area contributed by atoms with Crippen LogP contribution >= 0.6 is 0 Å². The van der Waals surface area contributed by atoms with Crippen molar-refractivity contribution in [3.05, 3.63) is 23.7 Å². The summed E-state index contributed by atoms with van der Waals surface area (Å²) in [6.45, 7) is 4.20. The van der Waals surface area contributed by atoms with Gasteiger partial charge in [0.25, 0.3) is 0 Å². The van der Waals surface area contributed by atoms with Gasteiger partial charge in [-0.3, -0.25) is 4.90 Å². The smallest absolute Gasteiger partial charge is 0.148 e. The fourth-order valence-corrected chi connectivity index (χ4v) is 2.56. The van der Waals surface area contributed by atoms with Crippen molar-refractivity contribution < 1.29 is 12.8 Å². The van der Waals surface area contributed by atoms with E-state index in [4.69, 9.17) is 10.2 Å². The largest absolute Gasteiger partial charge is 0.465 e. The Morgan fingerprint density at radius 3 is 2.44 bits per heavy atom. The number of likely N-dealkylation sites (N-methyl/N-ethyl adjacent to an activating group) is 1. The normalized spacial score (nSPS) is 15.9. The van der Waals surface area contributed by atoms with Gasteiger partial charge < -0.3 is 10.2 Å². The Hall–Kier alpha value is -0.850. The van der Waals surface area contributed by atoms with Crippen molar-refractivity contribution >= 4 is 9.84 Å². The number of hydrogen-bond donors (Lipinski definition) is 1. The average molecular weight is 274 g/mol. The van der Waals surface area contributed by atoms with Crippen molar-refractivity contribution in [3.8, 4) is 0 Å². The van der Waals surface area contributed by atoms with Crippen molar-refractivity contribution in [1.29, 1.82) is 0 Å². The van der Waals surface area contributed by atoms with Crippen LogP contribution in [0, 0.1) is 6.92 Å². The van der Waals surface area contributed by atoms with Crippen molar-refractivity contribution in [3.63, 3.8) is 0 Å². The second kappa shape index (κ2) is 5.86. The quantitative estimate of drug-likeness (QED) is 0.836. The Labute approximate surface area is 109 Å². The first-order valence-electron chi connectivity index (χ1n) is 5.90. The second-order valence-electron chi connectivity index (χ2n) is 4.86. The van der Waals surface area contributed by atoms with Gasteiger partial charge in [0.05, 0.1) is 11.8 Å². The van der Waals surface area contributed by atoms with Gasteiger partial charge in [0.1, 0.15) is 21.4 Å². The first kappa shape index (κ1) is 15.2. The van der Waals surface area contributed by atoms with Gasteiger partial charge in [0.15, 0.2) is 0 Å². The van der Waals surface area contributed by atoms with Crippen LogP contribution in [0.1, 0.15) is 24.5 Å². The lowest BCUT2D eigenvalue weighted by atomic mass is 10.1. The Morgan fingerprint density at radius 1 is 1.44 bits per heavy atom. The first-order chi connectivity index (χ1) is 8.20. The summed E-state index contributed by atoms with van der Waals surface area (Å²) in [5.41, 5.74) is 5.97. The number of nitrogens with zero attached hydrogens (tertiary/aromatic N) is 1. The van der Waals surface area contributed by atoms with Crippen LogP contribution in [0.4, 0.5) is 0 Å². The predicted octanol–water partition coefficient (Wildman–Crippen LogP) is 0.953.